The highest BCUT2D eigenvalue weighted by Gasteiger charge is 1.96. The molecule has 0 spiro atoms. The van der Waals surface area contributed by atoms with E-state index in [9.17, 15) is 0 Å². The van der Waals surface area contributed by atoms with E-state index in [1.54, 1.807) is 12.2 Å². The van der Waals surface area contributed by atoms with E-state index < -0.39 is 0 Å². The van der Waals surface area contributed by atoms with Gasteiger partial charge >= 0.3 is 0 Å². The molecule has 0 aliphatic carbocycles. The SMILES string of the molecule is Nc1n[nH]c(/C=C/c2nc(N)n[nH]2)n1. The van der Waals surface area contributed by atoms with E-state index in [4.69, 9.17) is 11.5 Å². The van der Waals surface area contributed by atoms with Gasteiger partial charge in [-0.2, -0.15) is 9.97 Å². The fourth-order valence-electron chi connectivity index (χ4n) is 0.883. The fourth-order valence-corrected chi connectivity index (χ4v) is 0.883. The zero-order valence-corrected chi connectivity index (χ0v) is 7.10. The molecule has 0 atom stereocenters. The van der Waals surface area contributed by atoms with E-state index in [1.807, 2.05) is 0 Å². The third-order valence-corrected chi connectivity index (χ3v) is 1.44. The van der Waals surface area contributed by atoms with Crippen molar-refractivity contribution < 1.29 is 0 Å². The molecule has 0 saturated carbocycles. The van der Waals surface area contributed by atoms with Crippen molar-refractivity contribution >= 4 is 24.0 Å². The van der Waals surface area contributed by atoms with Crippen LogP contribution < -0.4 is 11.5 Å². The summed E-state index contributed by atoms with van der Waals surface area (Å²) in [6, 6.07) is 0. The average Bonchev–Trinajstić information content (AvgIpc) is 2.72. The molecule has 14 heavy (non-hydrogen) atoms. The number of hydrogen-bond acceptors (Lipinski definition) is 6. The Hall–Kier alpha value is -2.38. The molecule has 8 nitrogen and oxygen atoms in total. The maximum absolute atomic E-state index is 5.31. The summed E-state index contributed by atoms with van der Waals surface area (Å²) in [5.41, 5.74) is 10.6. The molecular weight excluding hydrogens is 184 g/mol. The van der Waals surface area contributed by atoms with E-state index in [0.29, 0.717) is 11.6 Å². The molecule has 0 aromatic carbocycles. The van der Waals surface area contributed by atoms with Crippen LogP contribution in [0.25, 0.3) is 12.2 Å². The lowest BCUT2D eigenvalue weighted by atomic mass is 10.4. The Balaban J connectivity index is 2.14. The summed E-state index contributed by atoms with van der Waals surface area (Å²) in [5.74, 6) is 1.47. The second kappa shape index (κ2) is 3.17. The number of aromatic amines is 2. The molecule has 0 fully saturated rings. The Kier molecular flexibility index (Phi) is 1.86. The maximum atomic E-state index is 5.31. The van der Waals surface area contributed by atoms with Crippen LogP contribution in [-0.4, -0.2) is 30.4 Å². The Labute approximate surface area is 78.4 Å². The number of hydrogen-bond donors (Lipinski definition) is 4. The Morgan fingerprint density at radius 1 is 0.857 bits per heavy atom. The highest BCUT2D eigenvalue weighted by atomic mass is 15.3. The average molecular weight is 192 g/mol. The summed E-state index contributed by atoms with van der Waals surface area (Å²) in [4.78, 5) is 7.73. The lowest BCUT2D eigenvalue weighted by Gasteiger charge is -1.81. The summed E-state index contributed by atoms with van der Waals surface area (Å²) in [7, 11) is 0. The van der Waals surface area contributed by atoms with Gasteiger partial charge < -0.3 is 11.5 Å². The number of nitrogens with one attached hydrogen (secondary N) is 2. The van der Waals surface area contributed by atoms with Crippen molar-refractivity contribution in [2.24, 2.45) is 0 Å². The molecule has 8 heteroatoms. The lowest BCUT2D eigenvalue weighted by molar-refractivity contribution is 1.08. The van der Waals surface area contributed by atoms with Gasteiger partial charge in [0.15, 0.2) is 11.6 Å². The highest BCUT2D eigenvalue weighted by molar-refractivity contribution is 5.63. The van der Waals surface area contributed by atoms with Crippen LogP contribution in [0, 0.1) is 0 Å². The third kappa shape index (κ3) is 1.68. The van der Waals surface area contributed by atoms with Crippen molar-refractivity contribution in [2.75, 3.05) is 11.5 Å². The first-order chi connectivity index (χ1) is 6.74. The summed E-state index contributed by atoms with van der Waals surface area (Å²) in [5, 5.41) is 12.5. The van der Waals surface area contributed by atoms with Crippen LogP contribution in [0.2, 0.25) is 0 Å². The molecule has 0 bridgehead atoms. The number of aromatic nitrogens is 6. The van der Waals surface area contributed by atoms with Crippen molar-refractivity contribution in [2.45, 2.75) is 0 Å². The van der Waals surface area contributed by atoms with Gasteiger partial charge in [0.2, 0.25) is 11.9 Å². The first-order valence-corrected chi connectivity index (χ1v) is 3.78. The molecule has 2 rings (SSSR count). The molecule has 0 radical (unpaired) electrons. The molecule has 6 N–H and O–H groups in total. The number of H-pyrrole nitrogens is 2. The largest absolute Gasteiger partial charge is 0.366 e. The second-order valence-electron chi connectivity index (χ2n) is 2.49. The normalized spacial score (nSPS) is 11.1. The van der Waals surface area contributed by atoms with Crippen molar-refractivity contribution in [3.05, 3.63) is 11.6 Å². The summed E-state index contributed by atoms with van der Waals surface area (Å²) in [6.07, 6.45) is 3.31. The molecule has 2 heterocycles. The number of anilines is 2. The second-order valence-corrected chi connectivity index (χ2v) is 2.49. The minimum atomic E-state index is 0.196. The van der Waals surface area contributed by atoms with Crippen LogP contribution in [-0.2, 0) is 0 Å². The van der Waals surface area contributed by atoms with Gasteiger partial charge in [0, 0.05) is 0 Å². The standard InChI is InChI=1S/C6H8N8/c7-5-9-3(11-13-5)1-2-4-10-6(8)14-12-4/h1-2H,(H3,7,9,11,13)(H3,8,10,12,14)/b2-1+. The van der Waals surface area contributed by atoms with E-state index >= 15 is 0 Å². The van der Waals surface area contributed by atoms with Gasteiger partial charge in [0.1, 0.15) is 0 Å². The molecule has 72 valence electrons. The molecule has 0 unspecified atom stereocenters. The Bertz CT molecular complexity index is 410. The van der Waals surface area contributed by atoms with Crippen molar-refractivity contribution in [3.8, 4) is 0 Å². The van der Waals surface area contributed by atoms with Crippen molar-refractivity contribution in [1.29, 1.82) is 0 Å². The molecule has 0 aliphatic rings. The smallest absolute Gasteiger partial charge is 0.239 e. The molecule has 0 aliphatic heterocycles. The van der Waals surface area contributed by atoms with Crippen LogP contribution in [0.4, 0.5) is 11.9 Å². The van der Waals surface area contributed by atoms with Crippen molar-refractivity contribution in [3.63, 3.8) is 0 Å². The fraction of sp³-hybridized carbons (Fsp3) is 0. The Morgan fingerprint density at radius 2 is 1.29 bits per heavy atom. The van der Waals surface area contributed by atoms with Crippen LogP contribution in [0.3, 0.4) is 0 Å². The number of nitrogens with two attached hydrogens (primary N) is 2. The minimum Gasteiger partial charge on any atom is -0.366 e. The van der Waals surface area contributed by atoms with Gasteiger partial charge in [-0.25, -0.2) is 0 Å². The molecule has 2 aromatic heterocycles. The van der Waals surface area contributed by atoms with Crippen LogP contribution in [0.1, 0.15) is 11.6 Å². The zero-order valence-electron chi connectivity index (χ0n) is 7.10. The van der Waals surface area contributed by atoms with Gasteiger partial charge in [0.05, 0.1) is 0 Å². The maximum Gasteiger partial charge on any atom is 0.239 e. The number of rotatable bonds is 2. The molecule has 0 saturated heterocycles. The number of nitrogens with zero attached hydrogens (tertiary/aromatic N) is 4. The van der Waals surface area contributed by atoms with E-state index in [0.717, 1.165) is 0 Å². The van der Waals surface area contributed by atoms with Crippen LogP contribution in [0.15, 0.2) is 0 Å². The predicted molar refractivity (Wildman–Crippen MR) is 50.5 cm³/mol. The third-order valence-electron chi connectivity index (χ3n) is 1.44. The highest BCUT2D eigenvalue weighted by Crippen LogP contribution is 2.01. The van der Waals surface area contributed by atoms with Crippen molar-refractivity contribution in [1.82, 2.24) is 30.4 Å². The van der Waals surface area contributed by atoms with Gasteiger partial charge in [-0.15, -0.1) is 10.2 Å². The lowest BCUT2D eigenvalue weighted by Crippen LogP contribution is -1.85. The van der Waals surface area contributed by atoms with E-state index in [-0.39, 0.29) is 11.9 Å². The summed E-state index contributed by atoms with van der Waals surface area (Å²) in [6.45, 7) is 0. The predicted octanol–water partition coefficient (Wildman–Crippen LogP) is -0.742. The first kappa shape index (κ1) is 8.23. The van der Waals surface area contributed by atoms with Crippen LogP contribution >= 0.6 is 0 Å². The molecular formula is C6H8N8. The topological polar surface area (TPSA) is 135 Å². The molecule has 0 amide bonds. The van der Waals surface area contributed by atoms with E-state index in [2.05, 4.69) is 30.4 Å². The summed E-state index contributed by atoms with van der Waals surface area (Å²) >= 11 is 0. The number of nitrogen functional groups attached to an aromatic ring is 2. The van der Waals surface area contributed by atoms with E-state index in [1.165, 1.54) is 0 Å². The Morgan fingerprint density at radius 3 is 1.57 bits per heavy atom. The van der Waals surface area contributed by atoms with Gasteiger partial charge in [-0.05, 0) is 12.2 Å². The zero-order chi connectivity index (χ0) is 9.97. The summed E-state index contributed by atoms with van der Waals surface area (Å²) < 4.78 is 0. The minimum absolute atomic E-state index is 0.196. The quantitative estimate of drug-likeness (QED) is 0.494. The monoisotopic (exact) mass is 192 g/mol. The van der Waals surface area contributed by atoms with Gasteiger partial charge in [-0.1, -0.05) is 0 Å². The molecule has 2 aromatic rings. The van der Waals surface area contributed by atoms with Gasteiger partial charge in [-0.3, -0.25) is 10.2 Å². The van der Waals surface area contributed by atoms with Gasteiger partial charge in [0.25, 0.3) is 0 Å². The van der Waals surface area contributed by atoms with Crippen LogP contribution in [0.5, 0.6) is 0 Å². The first-order valence-electron chi connectivity index (χ1n) is 3.78.